The van der Waals surface area contributed by atoms with E-state index in [0.717, 1.165) is 18.4 Å². The summed E-state index contributed by atoms with van der Waals surface area (Å²) in [5, 5.41) is 32.0. The number of methoxy groups -OCH3 is 1. The van der Waals surface area contributed by atoms with E-state index in [-0.39, 0.29) is 23.7 Å². The number of rotatable bonds is 1. The molecule has 6 heteroatoms. The minimum absolute atomic E-state index is 0.0373. The van der Waals surface area contributed by atoms with Crippen LogP contribution in [0.3, 0.4) is 0 Å². The summed E-state index contributed by atoms with van der Waals surface area (Å²) >= 11 is 0. The third-order valence-electron chi connectivity index (χ3n) is 6.80. The molecule has 146 valence electrons. The van der Waals surface area contributed by atoms with Crippen LogP contribution in [0.1, 0.15) is 40.0 Å². The monoisotopic (exact) mass is 374 g/mol. The van der Waals surface area contributed by atoms with E-state index < -0.39 is 29.7 Å². The van der Waals surface area contributed by atoms with Crippen molar-refractivity contribution in [3.63, 3.8) is 0 Å². The van der Waals surface area contributed by atoms with Gasteiger partial charge in [-0.25, -0.2) is 0 Å². The maximum absolute atomic E-state index is 12.9. The third kappa shape index (κ3) is 2.40. The maximum Gasteiger partial charge on any atom is 0.227 e. The molecule has 0 aromatic rings. The van der Waals surface area contributed by atoms with Gasteiger partial charge in [-0.15, -0.1) is 0 Å². The normalized spacial score (nSPS) is 38.9. The molecule has 0 radical (unpaired) electrons. The number of aliphatic hydroxyl groups is 3. The van der Waals surface area contributed by atoms with E-state index in [1.165, 1.54) is 12.7 Å². The smallest absolute Gasteiger partial charge is 0.227 e. The standard InChI is InChI=1S/C21H26O6/c1-9-5-6-21(3)15(10(9)2)13(22)7-11-16(21)18(25)17(24)12-8-14(23)20(26-4)27-19(11)12/h7,13-15,20,22-23,25H,5-6,8H2,1-4H3/t13-,14-,15+,20-,21+/m1/s1. The van der Waals surface area contributed by atoms with Gasteiger partial charge in [-0.2, -0.15) is 0 Å². The second-order valence-electron chi connectivity index (χ2n) is 8.28. The van der Waals surface area contributed by atoms with Gasteiger partial charge >= 0.3 is 0 Å². The molecule has 6 nitrogen and oxygen atoms in total. The summed E-state index contributed by atoms with van der Waals surface area (Å²) in [6.07, 6.45) is 0.637. The maximum atomic E-state index is 12.9. The Balaban J connectivity index is 1.92. The lowest BCUT2D eigenvalue weighted by Gasteiger charge is -2.51. The van der Waals surface area contributed by atoms with Crippen molar-refractivity contribution in [2.45, 2.75) is 58.5 Å². The first kappa shape index (κ1) is 18.5. The van der Waals surface area contributed by atoms with Gasteiger partial charge in [0.2, 0.25) is 12.1 Å². The summed E-state index contributed by atoms with van der Waals surface area (Å²) < 4.78 is 11.0. The number of carbonyl (C=O) groups excluding carboxylic acids is 1. The van der Waals surface area contributed by atoms with Crippen molar-refractivity contribution in [2.24, 2.45) is 11.3 Å². The Hall–Kier alpha value is -1.89. The number of ether oxygens (including phenoxy) is 2. The average Bonchev–Trinajstić information content (AvgIpc) is 2.62. The van der Waals surface area contributed by atoms with Gasteiger partial charge in [0.1, 0.15) is 11.9 Å². The van der Waals surface area contributed by atoms with E-state index in [4.69, 9.17) is 9.47 Å². The van der Waals surface area contributed by atoms with Crippen LogP contribution in [-0.2, 0) is 14.3 Å². The zero-order chi connectivity index (χ0) is 19.7. The zero-order valence-corrected chi connectivity index (χ0v) is 16.1. The first-order valence-electron chi connectivity index (χ1n) is 9.36. The van der Waals surface area contributed by atoms with Crippen LogP contribution in [0.4, 0.5) is 0 Å². The van der Waals surface area contributed by atoms with Crippen LogP contribution in [-0.4, -0.2) is 46.7 Å². The lowest BCUT2D eigenvalue weighted by Crippen LogP contribution is -2.48. The highest BCUT2D eigenvalue weighted by molar-refractivity contribution is 6.10. The Labute approximate surface area is 158 Å². The first-order chi connectivity index (χ1) is 12.7. The quantitative estimate of drug-likeness (QED) is 0.610. The van der Waals surface area contributed by atoms with Crippen LogP contribution >= 0.6 is 0 Å². The topological polar surface area (TPSA) is 96.2 Å². The second-order valence-corrected chi connectivity index (χ2v) is 8.28. The molecule has 0 aromatic heterocycles. The van der Waals surface area contributed by atoms with Gasteiger partial charge in [-0.1, -0.05) is 18.1 Å². The van der Waals surface area contributed by atoms with Crippen molar-refractivity contribution >= 4 is 5.78 Å². The van der Waals surface area contributed by atoms with Gasteiger partial charge in [-0.3, -0.25) is 4.79 Å². The predicted molar refractivity (Wildman–Crippen MR) is 97.5 cm³/mol. The summed E-state index contributed by atoms with van der Waals surface area (Å²) in [4.78, 5) is 12.9. The Morgan fingerprint density at radius 1 is 1.30 bits per heavy atom. The molecule has 0 amide bonds. The fourth-order valence-electron chi connectivity index (χ4n) is 5.25. The van der Waals surface area contributed by atoms with E-state index in [1.807, 2.05) is 13.8 Å². The highest BCUT2D eigenvalue weighted by Crippen LogP contribution is 2.58. The molecule has 0 unspecified atom stereocenters. The van der Waals surface area contributed by atoms with Gasteiger partial charge in [0.25, 0.3) is 0 Å². The molecule has 0 fully saturated rings. The number of carbonyl (C=O) groups is 1. The lowest BCUT2D eigenvalue weighted by molar-refractivity contribution is -0.167. The number of aliphatic hydroxyl groups excluding tert-OH is 3. The Morgan fingerprint density at radius 2 is 2.00 bits per heavy atom. The largest absolute Gasteiger partial charge is 0.504 e. The van der Waals surface area contributed by atoms with Crippen molar-refractivity contribution in [2.75, 3.05) is 7.11 Å². The number of fused-ring (bicyclic) bond motifs is 4. The number of hydrogen-bond donors (Lipinski definition) is 3. The molecule has 3 aliphatic carbocycles. The van der Waals surface area contributed by atoms with Crippen molar-refractivity contribution in [3.8, 4) is 0 Å². The molecule has 5 atom stereocenters. The van der Waals surface area contributed by atoms with E-state index in [1.54, 1.807) is 6.08 Å². The van der Waals surface area contributed by atoms with Gasteiger partial charge in [0.15, 0.2) is 5.76 Å². The van der Waals surface area contributed by atoms with Gasteiger partial charge in [0.05, 0.1) is 6.10 Å². The molecule has 0 saturated heterocycles. The molecule has 4 rings (SSSR count). The van der Waals surface area contributed by atoms with Crippen molar-refractivity contribution < 1.29 is 29.6 Å². The molecular formula is C21H26O6. The number of Topliss-reactive ketones (excluding diaryl/α,β-unsaturated/α-hetero) is 1. The van der Waals surface area contributed by atoms with Gasteiger partial charge in [-0.05, 0) is 32.8 Å². The molecule has 1 aliphatic heterocycles. The lowest BCUT2D eigenvalue weighted by atomic mass is 9.54. The van der Waals surface area contributed by atoms with Crippen LogP contribution < -0.4 is 0 Å². The Kier molecular flexibility index (Phi) is 4.14. The van der Waals surface area contributed by atoms with Crippen LogP contribution in [0.5, 0.6) is 0 Å². The molecule has 0 saturated carbocycles. The molecule has 0 aromatic carbocycles. The molecule has 27 heavy (non-hydrogen) atoms. The number of hydrogen-bond acceptors (Lipinski definition) is 6. The summed E-state index contributed by atoms with van der Waals surface area (Å²) in [5.41, 5.74) is 3.10. The molecule has 3 N–H and O–H groups in total. The Morgan fingerprint density at radius 3 is 2.67 bits per heavy atom. The molecule has 1 heterocycles. The fourth-order valence-corrected chi connectivity index (χ4v) is 5.25. The molecule has 0 spiro atoms. The Bertz CT molecular complexity index is 845. The van der Waals surface area contributed by atoms with Crippen LogP contribution in [0.25, 0.3) is 0 Å². The zero-order valence-electron chi connectivity index (χ0n) is 16.1. The summed E-state index contributed by atoms with van der Waals surface area (Å²) in [6, 6.07) is 0. The SMILES string of the molecule is CO[C@@H]1OC2=C(C[C@H]1O)C(=O)C(O)=C1C2=C[C@@H](O)[C@@H]2C(C)=C(C)CC[C@]12C. The van der Waals surface area contributed by atoms with Crippen LogP contribution in [0, 0.1) is 11.3 Å². The number of allylic oxidation sites excluding steroid dienone is 3. The second kappa shape index (κ2) is 6.06. The van der Waals surface area contributed by atoms with Crippen LogP contribution in [0.2, 0.25) is 0 Å². The van der Waals surface area contributed by atoms with Gasteiger partial charge in [0, 0.05) is 41.6 Å². The summed E-state index contributed by atoms with van der Waals surface area (Å²) in [7, 11) is 1.43. The van der Waals surface area contributed by atoms with Crippen molar-refractivity contribution in [3.05, 3.63) is 45.5 Å². The van der Waals surface area contributed by atoms with Crippen molar-refractivity contribution in [1.29, 1.82) is 0 Å². The van der Waals surface area contributed by atoms with E-state index in [9.17, 15) is 20.1 Å². The summed E-state index contributed by atoms with van der Waals surface area (Å²) in [5.74, 6) is -0.688. The molecule has 0 bridgehead atoms. The minimum atomic E-state index is -0.994. The predicted octanol–water partition coefficient (Wildman–Crippen LogP) is 2.44. The molecular weight excluding hydrogens is 348 g/mol. The van der Waals surface area contributed by atoms with Crippen molar-refractivity contribution in [1.82, 2.24) is 0 Å². The fraction of sp³-hybridized carbons (Fsp3) is 0.571. The third-order valence-corrected chi connectivity index (χ3v) is 6.80. The minimum Gasteiger partial charge on any atom is -0.504 e. The van der Waals surface area contributed by atoms with Gasteiger partial charge < -0.3 is 24.8 Å². The van der Waals surface area contributed by atoms with E-state index in [2.05, 4.69) is 6.92 Å². The molecule has 4 aliphatic rings. The van der Waals surface area contributed by atoms with E-state index in [0.29, 0.717) is 16.9 Å². The summed E-state index contributed by atoms with van der Waals surface area (Å²) in [6.45, 7) is 6.08. The highest BCUT2D eigenvalue weighted by atomic mass is 16.7. The first-order valence-corrected chi connectivity index (χ1v) is 9.36. The number of ketones is 1. The average molecular weight is 374 g/mol. The van der Waals surface area contributed by atoms with Crippen LogP contribution in [0.15, 0.2) is 45.5 Å². The van der Waals surface area contributed by atoms with E-state index >= 15 is 0 Å². The highest BCUT2D eigenvalue weighted by Gasteiger charge is 2.54.